The first-order valence-electron chi connectivity index (χ1n) is 4.83. The molecule has 0 radical (unpaired) electrons. The predicted molar refractivity (Wildman–Crippen MR) is 57.2 cm³/mol. The molecule has 0 saturated carbocycles. The van der Waals surface area contributed by atoms with E-state index in [1.54, 1.807) is 13.8 Å². The summed E-state index contributed by atoms with van der Waals surface area (Å²) < 4.78 is 0. The largest absolute Gasteiger partial charge is 0.480 e. The number of amides is 1. The summed E-state index contributed by atoms with van der Waals surface area (Å²) in [7, 11) is 0. The highest BCUT2D eigenvalue weighted by Gasteiger charge is 2.30. The van der Waals surface area contributed by atoms with Crippen molar-refractivity contribution in [3.63, 3.8) is 0 Å². The number of carboxylic acids is 1. The number of hydrogen-bond acceptors (Lipinski definition) is 3. The molecule has 1 amide bonds. The summed E-state index contributed by atoms with van der Waals surface area (Å²) >= 11 is 0. The van der Waals surface area contributed by atoms with Crippen LogP contribution in [-0.2, 0) is 4.79 Å². The van der Waals surface area contributed by atoms with E-state index in [1.807, 2.05) is 0 Å². The van der Waals surface area contributed by atoms with Crippen molar-refractivity contribution in [2.24, 2.45) is 0 Å². The lowest BCUT2D eigenvalue weighted by Crippen LogP contribution is -2.49. The van der Waals surface area contributed by atoms with Crippen LogP contribution < -0.4 is 5.32 Å². The van der Waals surface area contributed by atoms with Gasteiger partial charge in [-0.25, -0.2) is 4.79 Å². The third kappa shape index (κ3) is 2.21. The van der Waals surface area contributed by atoms with Crippen molar-refractivity contribution in [1.82, 2.24) is 15.5 Å². The quantitative estimate of drug-likeness (QED) is 0.702. The van der Waals surface area contributed by atoms with Crippen LogP contribution in [0.3, 0.4) is 0 Å². The molecule has 0 aliphatic rings. The molecule has 1 aromatic heterocycles. The zero-order valence-corrected chi connectivity index (χ0v) is 9.71. The minimum absolute atomic E-state index is 0.229. The lowest BCUT2D eigenvalue weighted by molar-refractivity contribution is -0.143. The van der Waals surface area contributed by atoms with Crippen LogP contribution in [0.1, 0.15) is 35.6 Å². The molecule has 1 aromatic rings. The van der Waals surface area contributed by atoms with E-state index in [2.05, 4.69) is 15.5 Å². The van der Waals surface area contributed by atoms with E-state index in [0.29, 0.717) is 0 Å². The van der Waals surface area contributed by atoms with Gasteiger partial charge in [-0.2, -0.15) is 5.10 Å². The van der Waals surface area contributed by atoms with Crippen LogP contribution in [0.2, 0.25) is 0 Å². The Morgan fingerprint density at radius 3 is 2.31 bits per heavy atom. The SMILES string of the molecule is Cc1[nH]nc(C(=O)NC(C)(C)C(=O)O)c1C. The molecular formula is C10H15N3O3. The fourth-order valence-electron chi connectivity index (χ4n) is 1.10. The van der Waals surface area contributed by atoms with Gasteiger partial charge in [-0.05, 0) is 27.7 Å². The van der Waals surface area contributed by atoms with Gasteiger partial charge in [0.15, 0.2) is 5.69 Å². The van der Waals surface area contributed by atoms with Crippen LogP contribution in [0.5, 0.6) is 0 Å². The lowest BCUT2D eigenvalue weighted by Gasteiger charge is -2.20. The summed E-state index contributed by atoms with van der Waals surface area (Å²) in [5, 5.41) is 17.8. The first kappa shape index (κ1) is 12.2. The number of carboxylic acid groups (broad SMARTS) is 1. The van der Waals surface area contributed by atoms with E-state index < -0.39 is 17.4 Å². The Bertz CT molecular complexity index is 435. The molecule has 0 bridgehead atoms. The zero-order chi connectivity index (χ0) is 12.5. The van der Waals surface area contributed by atoms with Crippen LogP contribution in [0.25, 0.3) is 0 Å². The van der Waals surface area contributed by atoms with Crippen LogP contribution in [-0.4, -0.2) is 32.7 Å². The molecule has 0 saturated heterocycles. The topological polar surface area (TPSA) is 95.1 Å². The Balaban J connectivity index is 2.89. The number of aliphatic carboxylic acids is 1. The number of H-pyrrole nitrogens is 1. The third-order valence-electron chi connectivity index (χ3n) is 2.43. The molecule has 1 heterocycles. The van der Waals surface area contributed by atoms with E-state index in [1.165, 1.54) is 13.8 Å². The number of nitrogens with zero attached hydrogens (tertiary/aromatic N) is 1. The number of carbonyl (C=O) groups excluding carboxylic acids is 1. The Morgan fingerprint density at radius 2 is 1.94 bits per heavy atom. The second-order valence-electron chi connectivity index (χ2n) is 4.21. The molecule has 0 aromatic carbocycles. The van der Waals surface area contributed by atoms with Crippen molar-refractivity contribution in [1.29, 1.82) is 0 Å². The van der Waals surface area contributed by atoms with Crippen LogP contribution in [0.15, 0.2) is 0 Å². The fourth-order valence-corrected chi connectivity index (χ4v) is 1.10. The summed E-state index contributed by atoms with van der Waals surface area (Å²) in [5.41, 5.74) is 0.430. The van der Waals surface area contributed by atoms with Crippen molar-refractivity contribution in [2.45, 2.75) is 33.2 Å². The van der Waals surface area contributed by atoms with Crippen LogP contribution in [0, 0.1) is 13.8 Å². The molecular weight excluding hydrogens is 210 g/mol. The van der Waals surface area contributed by atoms with Crippen molar-refractivity contribution in [3.8, 4) is 0 Å². The molecule has 0 atom stereocenters. The molecule has 0 aliphatic heterocycles. The van der Waals surface area contributed by atoms with Gasteiger partial charge in [0.05, 0.1) is 0 Å². The number of aromatic amines is 1. The Hall–Kier alpha value is -1.85. The molecule has 0 fully saturated rings. The molecule has 0 spiro atoms. The molecule has 3 N–H and O–H groups in total. The number of nitrogens with one attached hydrogen (secondary N) is 2. The molecule has 0 unspecified atom stereocenters. The second-order valence-corrected chi connectivity index (χ2v) is 4.21. The number of hydrogen-bond donors (Lipinski definition) is 3. The highest BCUT2D eigenvalue weighted by molar-refractivity contribution is 5.97. The van der Waals surface area contributed by atoms with Gasteiger partial charge >= 0.3 is 5.97 Å². The highest BCUT2D eigenvalue weighted by Crippen LogP contribution is 2.10. The summed E-state index contributed by atoms with van der Waals surface area (Å²) in [5.74, 6) is -1.58. The Labute approximate surface area is 93.1 Å². The minimum atomic E-state index is -1.31. The van der Waals surface area contributed by atoms with Crippen LogP contribution >= 0.6 is 0 Å². The number of carbonyl (C=O) groups is 2. The van der Waals surface area contributed by atoms with E-state index in [-0.39, 0.29) is 5.69 Å². The van der Waals surface area contributed by atoms with Gasteiger partial charge in [0.25, 0.3) is 5.91 Å². The highest BCUT2D eigenvalue weighted by atomic mass is 16.4. The monoisotopic (exact) mass is 225 g/mol. The van der Waals surface area contributed by atoms with Crippen molar-refractivity contribution in [3.05, 3.63) is 17.0 Å². The predicted octanol–water partition coefficient (Wildman–Crippen LogP) is 0.620. The summed E-state index contributed by atoms with van der Waals surface area (Å²) in [4.78, 5) is 22.6. The van der Waals surface area contributed by atoms with Gasteiger partial charge in [0.2, 0.25) is 0 Å². The first-order chi connectivity index (χ1) is 7.25. The molecule has 1 rings (SSSR count). The van der Waals surface area contributed by atoms with Crippen LogP contribution in [0.4, 0.5) is 0 Å². The number of aryl methyl sites for hydroxylation is 1. The first-order valence-corrected chi connectivity index (χ1v) is 4.83. The van der Waals surface area contributed by atoms with Gasteiger partial charge in [-0.15, -0.1) is 0 Å². The smallest absolute Gasteiger partial charge is 0.328 e. The van der Waals surface area contributed by atoms with Gasteiger partial charge in [-0.1, -0.05) is 0 Å². The van der Waals surface area contributed by atoms with E-state index in [4.69, 9.17) is 5.11 Å². The van der Waals surface area contributed by atoms with E-state index in [0.717, 1.165) is 11.3 Å². The van der Waals surface area contributed by atoms with E-state index >= 15 is 0 Å². The van der Waals surface area contributed by atoms with Gasteiger partial charge in [0.1, 0.15) is 5.54 Å². The summed E-state index contributed by atoms with van der Waals surface area (Å²) in [6.07, 6.45) is 0. The van der Waals surface area contributed by atoms with Gasteiger partial charge < -0.3 is 10.4 Å². The van der Waals surface area contributed by atoms with Gasteiger partial charge in [-0.3, -0.25) is 9.89 Å². The van der Waals surface area contributed by atoms with Crippen molar-refractivity contribution >= 4 is 11.9 Å². The lowest BCUT2D eigenvalue weighted by atomic mass is 10.1. The summed E-state index contributed by atoms with van der Waals surface area (Å²) in [6.45, 7) is 6.38. The number of rotatable bonds is 3. The summed E-state index contributed by atoms with van der Waals surface area (Å²) in [6, 6.07) is 0. The number of aromatic nitrogens is 2. The third-order valence-corrected chi connectivity index (χ3v) is 2.43. The Morgan fingerprint density at radius 1 is 1.38 bits per heavy atom. The normalized spacial score (nSPS) is 11.2. The zero-order valence-electron chi connectivity index (χ0n) is 9.71. The fraction of sp³-hybridized carbons (Fsp3) is 0.500. The Kier molecular flexibility index (Phi) is 3.02. The molecule has 6 nitrogen and oxygen atoms in total. The second kappa shape index (κ2) is 3.96. The molecule has 0 aliphatic carbocycles. The maximum Gasteiger partial charge on any atom is 0.328 e. The molecule has 6 heteroatoms. The molecule has 88 valence electrons. The molecule has 16 heavy (non-hydrogen) atoms. The average Bonchev–Trinajstić information content (AvgIpc) is 2.46. The standard InChI is InChI=1S/C10H15N3O3/c1-5-6(2)12-13-7(5)8(14)11-10(3,4)9(15)16/h1-4H3,(H,11,14)(H,12,13)(H,15,16). The van der Waals surface area contributed by atoms with Crippen molar-refractivity contribution < 1.29 is 14.7 Å². The average molecular weight is 225 g/mol. The van der Waals surface area contributed by atoms with Crippen molar-refractivity contribution in [2.75, 3.05) is 0 Å². The maximum absolute atomic E-state index is 11.7. The van der Waals surface area contributed by atoms with E-state index in [9.17, 15) is 9.59 Å². The van der Waals surface area contributed by atoms with Gasteiger partial charge in [0, 0.05) is 11.3 Å². The maximum atomic E-state index is 11.7. The minimum Gasteiger partial charge on any atom is -0.480 e.